The molecule has 0 radical (unpaired) electrons. The number of carbonyl (C=O) groups is 1. The smallest absolute Gasteiger partial charge is 0.319 e. The van der Waals surface area contributed by atoms with Crippen LogP contribution in [-0.4, -0.2) is 56.1 Å². The molecule has 0 unspecified atom stereocenters. The first-order valence-corrected chi connectivity index (χ1v) is 4.28. The van der Waals surface area contributed by atoms with Gasteiger partial charge in [-0.2, -0.15) is 0 Å². The Bertz CT molecular complexity index is 170. The molecule has 12 heavy (non-hydrogen) atoms. The van der Waals surface area contributed by atoms with Crippen molar-refractivity contribution in [3.63, 3.8) is 0 Å². The van der Waals surface area contributed by atoms with Crippen LogP contribution < -0.4 is 5.32 Å². The van der Waals surface area contributed by atoms with Crippen LogP contribution in [0.1, 0.15) is 6.42 Å². The Labute approximate surface area is 73.5 Å². The second-order valence-electron chi connectivity index (χ2n) is 3.40. The van der Waals surface area contributed by atoms with Gasteiger partial charge in [0.1, 0.15) is 0 Å². The predicted octanol–water partition coefficient (Wildman–Crippen LogP) is -0.0383. The monoisotopic (exact) mass is 171 g/mol. The fourth-order valence-electron chi connectivity index (χ4n) is 1.45. The van der Waals surface area contributed by atoms with E-state index in [-0.39, 0.29) is 6.03 Å². The molecular formula is C8H17N3O. The summed E-state index contributed by atoms with van der Waals surface area (Å²) in [7, 11) is 5.51. The largest absolute Gasteiger partial charge is 0.331 e. The van der Waals surface area contributed by atoms with Crippen LogP contribution >= 0.6 is 0 Å². The van der Waals surface area contributed by atoms with E-state index in [1.165, 1.54) is 0 Å². The lowest BCUT2D eigenvalue weighted by molar-refractivity contribution is 0.181. The zero-order chi connectivity index (χ0) is 9.14. The van der Waals surface area contributed by atoms with E-state index in [1.54, 1.807) is 19.0 Å². The Morgan fingerprint density at radius 1 is 1.58 bits per heavy atom. The maximum atomic E-state index is 11.4. The molecule has 2 amide bonds. The fraction of sp³-hybridized carbons (Fsp3) is 0.875. The molecular weight excluding hydrogens is 154 g/mol. The van der Waals surface area contributed by atoms with Gasteiger partial charge in [-0.25, -0.2) is 4.79 Å². The molecule has 1 aliphatic heterocycles. The summed E-state index contributed by atoms with van der Waals surface area (Å²) >= 11 is 0. The molecule has 1 rings (SSSR count). The van der Waals surface area contributed by atoms with E-state index >= 15 is 0 Å². The van der Waals surface area contributed by atoms with Crippen molar-refractivity contribution in [2.75, 3.05) is 34.2 Å². The van der Waals surface area contributed by atoms with Crippen LogP contribution in [0.15, 0.2) is 0 Å². The number of nitrogens with one attached hydrogen (secondary N) is 1. The van der Waals surface area contributed by atoms with Gasteiger partial charge in [-0.15, -0.1) is 0 Å². The molecule has 1 aliphatic rings. The number of rotatable bonds is 1. The molecule has 70 valence electrons. The molecule has 0 aromatic heterocycles. The van der Waals surface area contributed by atoms with Crippen molar-refractivity contribution in [3.05, 3.63) is 0 Å². The Morgan fingerprint density at radius 2 is 2.25 bits per heavy atom. The van der Waals surface area contributed by atoms with Gasteiger partial charge in [0.2, 0.25) is 0 Å². The second kappa shape index (κ2) is 3.76. The second-order valence-corrected chi connectivity index (χ2v) is 3.40. The Hall–Kier alpha value is -0.770. The highest BCUT2D eigenvalue weighted by Crippen LogP contribution is 2.09. The van der Waals surface area contributed by atoms with E-state index in [0.717, 1.165) is 19.5 Å². The number of hydrogen-bond donors (Lipinski definition) is 1. The molecule has 0 aromatic rings. The molecule has 1 heterocycles. The Balaban J connectivity index is 2.41. The lowest BCUT2D eigenvalue weighted by atomic mass is 10.3. The van der Waals surface area contributed by atoms with Gasteiger partial charge in [0.25, 0.3) is 0 Å². The van der Waals surface area contributed by atoms with Gasteiger partial charge in [-0.1, -0.05) is 0 Å². The lowest BCUT2D eigenvalue weighted by Gasteiger charge is -2.21. The SMILES string of the molecule is CN[C@H]1CCN(C(=O)N(C)C)C1. The van der Waals surface area contributed by atoms with E-state index < -0.39 is 0 Å². The average Bonchev–Trinajstić information content (AvgIpc) is 2.50. The van der Waals surface area contributed by atoms with Crippen molar-refractivity contribution in [2.45, 2.75) is 12.5 Å². The Kier molecular flexibility index (Phi) is 2.92. The highest BCUT2D eigenvalue weighted by molar-refractivity contribution is 5.74. The molecule has 0 bridgehead atoms. The van der Waals surface area contributed by atoms with Crippen LogP contribution in [0, 0.1) is 0 Å². The van der Waals surface area contributed by atoms with E-state index in [0.29, 0.717) is 6.04 Å². The van der Waals surface area contributed by atoms with Crippen LogP contribution in [0.4, 0.5) is 4.79 Å². The summed E-state index contributed by atoms with van der Waals surface area (Å²) in [6.45, 7) is 1.72. The van der Waals surface area contributed by atoms with Gasteiger partial charge in [-0.05, 0) is 13.5 Å². The van der Waals surface area contributed by atoms with Crippen molar-refractivity contribution in [1.82, 2.24) is 15.1 Å². The molecule has 0 spiro atoms. The highest BCUT2D eigenvalue weighted by atomic mass is 16.2. The third kappa shape index (κ3) is 1.88. The zero-order valence-electron chi connectivity index (χ0n) is 8.00. The summed E-state index contributed by atoms with van der Waals surface area (Å²) in [4.78, 5) is 14.9. The van der Waals surface area contributed by atoms with Crippen molar-refractivity contribution in [1.29, 1.82) is 0 Å². The third-order valence-electron chi connectivity index (χ3n) is 2.25. The van der Waals surface area contributed by atoms with E-state index in [1.807, 2.05) is 11.9 Å². The van der Waals surface area contributed by atoms with E-state index in [9.17, 15) is 4.79 Å². The molecule has 4 heteroatoms. The van der Waals surface area contributed by atoms with Crippen LogP contribution in [0.5, 0.6) is 0 Å². The van der Waals surface area contributed by atoms with Gasteiger partial charge in [0.05, 0.1) is 0 Å². The van der Waals surface area contributed by atoms with Crippen LogP contribution in [-0.2, 0) is 0 Å². The normalized spacial score (nSPS) is 22.9. The summed E-state index contributed by atoms with van der Waals surface area (Å²) in [6, 6.07) is 0.599. The summed E-state index contributed by atoms with van der Waals surface area (Å²) in [5.41, 5.74) is 0. The molecule has 0 aromatic carbocycles. The van der Waals surface area contributed by atoms with Crippen molar-refractivity contribution in [3.8, 4) is 0 Å². The predicted molar refractivity (Wildman–Crippen MR) is 48.1 cm³/mol. The fourth-order valence-corrected chi connectivity index (χ4v) is 1.45. The lowest BCUT2D eigenvalue weighted by Crippen LogP contribution is -2.39. The number of likely N-dealkylation sites (N-methyl/N-ethyl adjacent to an activating group) is 1. The van der Waals surface area contributed by atoms with Crippen LogP contribution in [0.2, 0.25) is 0 Å². The number of amides is 2. The van der Waals surface area contributed by atoms with Gasteiger partial charge >= 0.3 is 6.03 Å². The minimum Gasteiger partial charge on any atom is -0.331 e. The standard InChI is InChI=1S/C8H17N3O/c1-9-7-4-5-11(6-7)8(12)10(2)3/h7,9H,4-6H2,1-3H3/t7-/m0/s1. The highest BCUT2D eigenvalue weighted by Gasteiger charge is 2.25. The first kappa shape index (κ1) is 9.32. The van der Waals surface area contributed by atoms with Crippen LogP contribution in [0.3, 0.4) is 0 Å². The quantitative estimate of drug-likeness (QED) is 0.601. The maximum absolute atomic E-state index is 11.4. The number of nitrogens with zero attached hydrogens (tertiary/aromatic N) is 2. The van der Waals surface area contributed by atoms with Crippen molar-refractivity contribution >= 4 is 6.03 Å². The number of hydrogen-bond acceptors (Lipinski definition) is 2. The summed E-state index contributed by atoms with van der Waals surface area (Å²) in [5, 5.41) is 3.18. The molecule has 1 fully saturated rings. The average molecular weight is 171 g/mol. The first-order chi connectivity index (χ1) is 5.65. The molecule has 0 saturated carbocycles. The van der Waals surface area contributed by atoms with Gasteiger partial charge in [0.15, 0.2) is 0 Å². The van der Waals surface area contributed by atoms with Crippen molar-refractivity contribution < 1.29 is 4.79 Å². The third-order valence-corrected chi connectivity index (χ3v) is 2.25. The maximum Gasteiger partial charge on any atom is 0.319 e. The number of urea groups is 1. The summed E-state index contributed by atoms with van der Waals surface area (Å²) in [5.74, 6) is 0. The van der Waals surface area contributed by atoms with E-state index in [2.05, 4.69) is 5.32 Å². The molecule has 1 N–H and O–H groups in total. The number of likely N-dealkylation sites (tertiary alicyclic amines) is 1. The topological polar surface area (TPSA) is 35.6 Å². The zero-order valence-corrected chi connectivity index (χ0v) is 8.00. The minimum atomic E-state index is 0.118. The van der Waals surface area contributed by atoms with Gasteiger partial charge in [0, 0.05) is 33.2 Å². The molecule has 1 atom stereocenters. The number of carbonyl (C=O) groups excluding carboxylic acids is 1. The van der Waals surface area contributed by atoms with Gasteiger partial charge < -0.3 is 15.1 Å². The molecule has 1 saturated heterocycles. The molecule has 0 aliphatic carbocycles. The van der Waals surface area contributed by atoms with Crippen molar-refractivity contribution in [2.24, 2.45) is 0 Å². The van der Waals surface area contributed by atoms with E-state index in [4.69, 9.17) is 0 Å². The van der Waals surface area contributed by atoms with Crippen LogP contribution in [0.25, 0.3) is 0 Å². The summed E-state index contributed by atoms with van der Waals surface area (Å²) in [6.07, 6.45) is 1.07. The first-order valence-electron chi connectivity index (χ1n) is 4.28. The minimum absolute atomic E-state index is 0.118. The summed E-state index contributed by atoms with van der Waals surface area (Å²) < 4.78 is 0. The van der Waals surface area contributed by atoms with Gasteiger partial charge in [-0.3, -0.25) is 0 Å². The molecule has 4 nitrogen and oxygen atoms in total. The Morgan fingerprint density at radius 3 is 2.67 bits per heavy atom.